The molecule has 0 aromatic heterocycles. The Morgan fingerprint density at radius 2 is 2.33 bits per heavy atom. The summed E-state index contributed by atoms with van der Waals surface area (Å²) in [6.45, 7) is 2.44. The molecule has 6 heteroatoms. The molecule has 0 radical (unpaired) electrons. The van der Waals surface area contributed by atoms with E-state index in [1.165, 1.54) is 0 Å². The van der Waals surface area contributed by atoms with Crippen LogP contribution in [-0.4, -0.2) is 49.2 Å². The monoisotopic (exact) mass is 293 g/mol. The SMILES string of the molecule is CC(N)CCS(=O)(=O)C1CCOC2(CCSC2)C1. The van der Waals surface area contributed by atoms with E-state index in [0.29, 0.717) is 25.9 Å². The van der Waals surface area contributed by atoms with Crippen molar-refractivity contribution in [3.8, 4) is 0 Å². The molecule has 2 fully saturated rings. The second kappa shape index (κ2) is 5.69. The van der Waals surface area contributed by atoms with Gasteiger partial charge >= 0.3 is 0 Å². The van der Waals surface area contributed by atoms with E-state index in [2.05, 4.69) is 0 Å². The Morgan fingerprint density at radius 3 is 2.94 bits per heavy atom. The van der Waals surface area contributed by atoms with Gasteiger partial charge in [-0.25, -0.2) is 8.42 Å². The Balaban J connectivity index is 1.99. The number of hydrogen-bond donors (Lipinski definition) is 1. The molecule has 2 aliphatic heterocycles. The smallest absolute Gasteiger partial charge is 0.153 e. The minimum Gasteiger partial charge on any atom is -0.374 e. The summed E-state index contributed by atoms with van der Waals surface area (Å²) in [6.07, 6.45) is 2.88. The summed E-state index contributed by atoms with van der Waals surface area (Å²) in [5.74, 6) is 2.26. The zero-order valence-electron chi connectivity index (χ0n) is 10.9. The third-order valence-electron chi connectivity index (χ3n) is 3.88. The average Bonchev–Trinajstić information content (AvgIpc) is 2.75. The van der Waals surface area contributed by atoms with E-state index >= 15 is 0 Å². The lowest BCUT2D eigenvalue weighted by Gasteiger charge is -2.37. The third kappa shape index (κ3) is 3.40. The van der Waals surface area contributed by atoms with Crippen LogP contribution < -0.4 is 5.73 Å². The molecule has 4 nitrogen and oxygen atoms in total. The minimum atomic E-state index is -3.01. The number of thioether (sulfide) groups is 1. The molecule has 3 unspecified atom stereocenters. The second-order valence-electron chi connectivity index (χ2n) is 5.58. The fraction of sp³-hybridized carbons (Fsp3) is 1.00. The van der Waals surface area contributed by atoms with Gasteiger partial charge in [-0.2, -0.15) is 11.8 Å². The molecular formula is C12H23NO3S2. The van der Waals surface area contributed by atoms with Gasteiger partial charge in [0.05, 0.1) is 16.6 Å². The molecule has 2 saturated heterocycles. The number of sulfone groups is 1. The van der Waals surface area contributed by atoms with Crippen molar-refractivity contribution in [3.05, 3.63) is 0 Å². The molecule has 0 aromatic rings. The highest BCUT2D eigenvalue weighted by Gasteiger charge is 2.44. The summed E-state index contributed by atoms with van der Waals surface area (Å²) >= 11 is 1.87. The highest BCUT2D eigenvalue weighted by Crippen LogP contribution is 2.40. The van der Waals surface area contributed by atoms with Gasteiger partial charge in [0, 0.05) is 18.4 Å². The fourth-order valence-corrected chi connectivity index (χ4v) is 6.09. The van der Waals surface area contributed by atoms with Gasteiger partial charge in [0.2, 0.25) is 0 Å². The van der Waals surface area contributed by atoms with E-state index < -0.39 is 9.84 Å². The third-order valence-corrected chi connectivity index (χ3v) is 7.33. The maximum atomic E-state index is 12.3. The van der Waals surface area contributed by atoms with Crippen molar-refractivity contribution in [1.82, 2.24) is 0 Å². The Bertz CT molecular complexity index is 375. The summed E-state index contributed by atoms with van der Waals surface area (Å²) < 4.78 is 30.5. The molecule has 0 saturated carbocycles. The first-order valence-corrected chi connectivity index (χ1v) is 9.49. The lowest BCUT2D eigenvalue weighted by atomic mass is 9.93. The Morgan fingerprint density at radius 1 is 1.56 bits per heavy atom. The highest BCUT2D eigenvalue weighted by atomic mass is 32.2. The lowest BCUT2D eigenvalue weighted by molar-refractivity contribution is -0.0572. The number of nitrogens with two attached hydrogens (primary N) is 1. The molecule has 0 bridgehead atoms. The van der Waals surface area contributed by atoms with Gasteiger partial charge in [0.15, 0.2) is 9.84 Å². The lowest BCUT2D eigenvalue weighted by Crippen LogP contribution is -2.45. The normalized spacial score (nSPS) is 34.9. The first-order chi connectivity index (χ1) is 8.44. The van der Waals surface area contributed by atoms with E-state index in [1.807, 2.05) is 18.7 Å². The topological polar surface area (TPSA) is 69.4 Å². The molecule has 1 spiro atoms. The van der Waals surface area contributed by atoms with Crippen molar-refractivity contribution in [2.75, 3.05) is 23.9 Å². The maximum absolute atomic E-state index is 12.3. The molecule has 2 N–H and O–H groups in total. The summed E-state index contributed by atoms with van der Waals surface area (Å²) in [7, 11) is -3.01. The molecule has 0 aromatic carbocycles. The van der Waals surface area contributed by atoms with Crippen LogP contribution in [0.5, 0.6) is 0 Å². The van der Waals surface area contributed by atoms with Crippen LogP contribution in [0.3, 0.4) is 0 Å². The van der Waals surface area contributed by atoms with Crippen LogP contribution in [0.25, 0.3) is 0 Å². The Hall–Kier alpha value is 0.220. The van der Waals surface area contributed by atoms with Gasteiger partial charge in [-0.15, -0.1) is 0 Å². The zero-order chi connectivity index (χ0) is 13.2. The predicted octanol–water partition coefficient (Wildman–Crippen LogP) is 1.19. The first-order valence-electron chi connectivity index (χ1n) is 6.62. The van der Waals surface area contributed by atoms with Crippen molar-refractivity contribution in [3.63, 3.8) is 0 Å². The summed E-state index contributed by atoms with van der Waals surface area (Å²) in [4.78, 5) is 0. The van der Waals surface area contributed by atoms with Gasteiger partial charge in [-0.1, -0.05) is 0 Å². The number of hydrogen-bond acceptors (Lipinski definition) is 5. The number of ether oxygens (including phenoxy) is 1. The maximum Gasteiger partial charge on any atom is 0.153 e. The molecule has 3 atom stereocenters. The van der Waals surface area contributed by atoms with Crippen molar-refractivity contribution < 1.29 is 13.2 Å². The molecule has 2 aliphatic rings. The van der Waals surface area contributed by atoms with E-state index in [0.717, 1.165) is 17.9 Å². The fourth-order valence-electron chi connectivity index (χ4n) is 2.67. The van der Waals surface area contributed by atoms with Gasteiger partial charge in [-0.3, -0.25) is 0 Å². The standard InChI is InChI=1S/C12H23NO3S2/c1-10(13)3-7-18(14,15)11-2-5-16-12(8-11)4-6-17-9-12/h10-11H,2-9,13H2,1H3. The van der Waals surface area contributed by atoms with Crippen molar-refractivity contribution >= 4 is 21.6 Å². The van der Waals surface area contributed by atoms with E-state index in [1.54, 1.807) is 0 Å². The summed E-state index contributed by atoms with van der Waals surface area (Å²) in [5, 5.41) is -0.219. The van der Waals surface area contributed by atoms with Gasteiger partial charge in [0.25, 0.3) is 0 Å². The average molecular weight is 293 g/mol. The van der Waals surface area contributed by atoms with Crippen LogP contribution in [0.4, 0.5) is 0 Å². The number of rotatable bonds is 4. The summed E-state index contributed by atoms with van der Waals surface area (Å²) in [5.41, 5.74) is 5.49. The van der Waals surface area contributed by atoms with Crippen molar-refractivity contribution in [1.29, 1.82) is 0 Å². The van der Waals surface area contributed by atoms with Crippen LogP contribution in [0, 0.1) is 0 Å². The minimum absolute atomic E-state index is 0.0457. The second-order valence-corrected chi connectivity index (χ2v) is 9.09. The molecule has 0 aliphatic carbocycles. The molecule has 2 rings (SSSR count). The van der Waals surface area contributed by atoms with E-state index in [4.69, 9.17) is 10.5 Å². The molecule has 0 amide bonds. The molecule has 106 valence electrons. The van der Waals surface area contributed by atoms with Gasteiger partial charge < -0.3 is 10.5 Å². The predicted molar refractivity (Wildman–Crippen MR) is 75.7 cm³/mol. The largest absolute Gasteiger partial charge is 0.374 e. The first kappa shape index (κ1) is 14.6. The van der Waals surface area contributed by atoms with Crippen LogP contribution in [0.1, 0.15) is 32.6 Å². The van der Waals surface area contributed by atoms with Crippen molar-refractivity contribution in [2.24, 2.45) is 5.73 Å². The molecular weight excluding hydrogens is 270 g/mol. The van der Waals surface area contributed by atoms with Crippen LogP contribution >= 0.6 is 11.8 Å². The molecule has 18 heavy (non-hydrogen) atoms. The van der Waals surface area contributed by atoms with Crippen LogP contribution in [0.2, 0.25) is 0 Å². The summed E-state index contributed by atoms with van der Waals surface area (Å²) in [6, 6.07) is -0.0457. The molecule has 2 heterocycles. The van der Waals surface area contributed by atoms with Crippen LogP contribution in [0.15, 0.2) is 0 Å². The van der Waals surface area contributed by atoms with E-state index in [-0.39, 0.29) is 22.6 Å². The van der Waals surface area contributed by atoms with Crippen molar-refractivity contribution in [2.45, 2.75) is 49.5 Å². The van der Waals surface area contributed by atoms with Gasteiger partial charge in [0.1, 0.15) is 0 Å². The Labute approximate surface area is 114 Å². The van der Waals surface area contributed by atoms with Crippen LogP contribution in [-0.2, 0) is 14.6 Å². The quantitative estimate of drug-likeness (QED) is 0.843. The zero-order valence-corrected chi connectivity index (χ0v) is 12.6. The van der Waals surface area contributed by atoms with E-state index in [9.17, 15) is 8.42 Å². The Kier molecular flexibility index (Phi) is 4.62. The highest BCUT2D eigenvalue weighted by molar-refractivity contribution is 7.99. The van der Waals surface area contributed by atoms with Gasteiger partial charge in [-0.05, 0) is 38.4 Å².